The Hall–Kier alpha value is -1.72. The number of rotatable bonds is 2. The van der Waals surface area contributed by atoms with E-state index in [1.807, 2.05) is 0 Å². The lowest BCUT2D eigenvalue weighted by Gasteiger charge is -2.09. The standard InChI is InChI=1S/C9H7F3O3/c10-9(11,12)6-1-2-7(13)5(3-6)4-8(14)15/h1-3,13H,4H2,(H,14,15). The molecule has 0 radical (unpaired) electrons. The molecular weight excluding hydrogens is 213 g/mol. The zero-order chi connectivity index (χ0) is 11.6. The van der Waals surface area contributed by atoms with Crippen molar-refractivity contribution in [2.45, 2.75) is 12.6 Å². The second-order valence-corrected chi connectivity index (χ2v) is 2.91. The van der Waals surface area contributed by atoms with Crippen molar-refractivity contribution in [3.63, 3.8) is 0 Å². The van der Waals surface area contributed by atoms with Crippen LogP contribution in [-0.2, 0) is 17.4 Å². The third-order valence-electron chi connectivity index (χ3n) is 1.75. The van der Waals surface area contributed by atoms with Gasteiger partial charge in [0.05, 0.1) is 12.0 Å². The largest absolute Gasteiger partial charge is 0.508 e. The second-order valence-electron chi connectivity index (χ2n) is 2.91. The zero-order valence-electron chi connectivity index (χ0n) is 7.38. The van der Waals surface area contributed by atoms with E-state index in [1.54, 1.807) is 0 Å². The van der Waals surface area contributed by atoms with Gasteiger partial charge in [-0.1, -0.05) is 0 Å². The van der Waals surface area contributed by atoms with E-state index in [0.717, 1.165) is 6.07 Å². The minimum atomic E-state index is -4.54. The van der Waals surface area contributed by atoms with Gasteiger partial charge in [-0.15, -0.1) is 0 Å². The van der Waals surface area contributed by atoms with Crippen LogP contribution >= 0.6 is 0 Å². The van der Waals surface area contributed by atoms with Crippen molar-refractivity contribution in [1.29, 1.82) is 0 Å². The summed E-state index contributed by atoms with van der Waals surface area (Å²) in [6.07, 6.45) is -5.18. The Morgan fingerprint density at radius 3 is 2.40 bits per heavy atom. The Labute approximate surface area is 82.8 Å². The van der Waals surface area contributed by atoms with Gasteiger partial charge in [0.25, 0.3) is 0 Å². The van der Waals surface area contributed by atoms with Crippen LogP contribution in [0, 0.1) is 0 Å². The summed E-state index contributed by atoms with van der Waals surface area (Å²) in [7, 11) is 0. The van der Waals surface area contributed by atoms with Crippen molar-refractivity contribution >= 4 is 5.97 Å². The first-order valence-corrected chi connectivity index (χ1v) is 3.91. The molecule has 82 valence electrons. The lowest BCUT2D eigenvalue weighted by Crippen LogP contribution is -2.07. The smallest absolute Gasteiger partial charge is 0.416 e. The lowest BCUT2D eigenvalue weighted by molar-refractivity contribution is -0.138. The number of carbonyl (C=O) groups is 1. The molecule has 0 saturated heterocycles. The maximum atomic E-state index is 12.2. The molecule has 2 N–H and O–H groups in total. The third kappa shape index (κ3) is 2.87. The van der Waals surface area contributed by atoms with Gasteiger partial charge in [-0.25, -0.2) is 0 Å². The van der Waals surface area contributed by atoms with Crippen LogP contribution in [0.25, 0.3) is 0 Å². The van der Waals surface area contributed by atoms with Gasteiger partial charge in [0.2, 0.25) is 0 Å². The molecule has 0 unspecified atom stereocenters. The van der Waals surface area contributed by atoms with Crippen LogP contribution in [0.5, 0.6) is 5.75 Å². The Kier molecular flexibility index (Phi) is 2.88. The monoisotopic (exact) mass is 220 g/mol. The fourth-order valence-electron chi connectivity index (χ4n) is 1.07. The minimum Gasteiger partial charge on any atom is -0.508 e. The number of aromatic hydroxyl groups is 1. The average Bonchev–Trinajstić information content (AvgIpc) is 2.06. The molecule has 0 aliphatic carbocycles. The highest BCUT2D eigenvalue weighted by atomic mass is 19.4. The van der Waals surface area contributed by atoms with E-state index in [2.05, 4.69) is 0 Å². The highest BCUT2D eigenvalue weighted by Gasteiger charge is 2.31. The number of aliphatic carboxylic acids is 1. The summed E-state index contributed by atoms with van der Waals surface area (Å²) in [5, 5.41) is 17.5. The van der Waals surface area contributed by atoms with Crippen LogP contribution in [0.1, 0.15) is 11.1 Å². The van der Waals surface area contributed by atoms with Crippen LogP contribution in [0.2, 0.25) is 0 Å². The SMILES string of the molecule is O=C(O)Cc1cc(C(F)(F)F)ccc1O. The fraction of sp³-hybridized carbons (Fsp3) is 0.222. The van der Waals surface area contributed by atoms with Gasteiger partial charge in [-0.05, 0) is 18.2 Å². The van der Waals surface area contributed by atoms with Crippen molar-refractivity contribution < 1.29 is 28.2 Å². The van der Waals surface area contributed by atoms with Crippen LogP contribution in [0.4, 0.5) is 13.2 Å². The lowest BCUT2D eigenvalue weighted by atomic mass is 10.1. The molecule has 0 aliphatic heterocycles. The van der Waals surface area contributed by atoms with E-state index < -0.39 is 29.9 Å². The normalized spacial score (nSPS) is 11.4. The molecule has 1 rings (SSSR count). The number of halogens is 3. The maximum absolute atomic E-state index is 12.2. The predicted octanol–water partition coefficient (Wildman–Crippen LogP) is 2.04. The van der Waals surface area contributed by atoms with Gasteiger partial charge in [0.15, 0.2) is 0 Å². The first-order chi connectivity index (χ1) is 6.80. The topological polar surface area (TPSA) is 57.5 Å². The Balaban J connectivity index is 3.11. The van der Waals surface area contributed by atoms with Crippen molar-refractivity contribution in [3.05, 3.63) is 29.3 Å². The number of carboxylic acid groups (broad SMARTS) is 1. The summed E-state index contributed by atoms with van der Waals surface area (Å²) in [6.45, 7) is 0. The highest BCUT2D eigenvalue weighted by molar-refractivity contribution is 5.71. The quantitative estimate of drug-likeness (QED) is 0.801. The van der Waals surface area contributed by atoms with Gasteiger partial charge in [0.1, 0.15) is 5.75 Å². The molecule has 0 amide bonds. The predicted molar refractivity (Wildman–Crippen MR) is 44.4 cm³/mol. The summed E-state index contributed by atoms with van der Waals surface area (Å²) >= 11 is 0. The second kappa shape index (κ2) is 3.80. The van der Waals surface area contributed by atoms with Gasteiger partial charge >= 0.3 is 12.1 Å². The molecule has 0 heterocycles. The van der Waals surface area contributed by atoms with E-state index in [4.69, 9.17) is 10.2 Å². The summed E-state index contributed by atoms with van der Waals surface area (Å²) in [5.41, 5.74) is -1.23. The summed E-state index contributed by atoms with van der Waals surface area (Å²) < 4.78 is 36.6. The number of alkyl halides is 3. The van der Waals surface area contributed by atoms with E-state index in [9.17, 15) is 18.0 Å². The van der Waals surface area contributed by atoms with Crippen molar-refractivity contribution in [2.24, 2.45) is 0 Å². The van der Waals surface area contributed by atoms with Crippen molar-refractivity contribution in [1.82, 2.24) is 0 Å². The number of carboxylic acids is 1. The molecule has 0 fully saturated rings. The molecule has 0 aliphatic rings. The molecule has 0 aromatic heterocycles. The average molecular weight is 220 g/mol. The summed E-state index contributed by atoms with van der Waals surface area (Å²) in [6, 6.07) is 2.16. The molecule has 0 spiro atoms. The molecule has 0 saturated carbocycles. The Morgan fingerprint density at radius 2 is 1.93 bits per heavy atom. The van der Waals surface area contributed by atoms with Crippen LogP contribution in [-0.4, -0.2) is 16.2 Å². The Bertz CT molecular complexity index is 385. The number of benzene rings is 1. The van der Waals surface area contributed by atoms with E-state index in [0.29, 0.717) is 12.1 Å². The Morgan fingerprint density at radius 1 is 1.33 bits per heavy atom. The molecule has 0 bridgehead atoms. The van der Waals surface area contributed by atoms with Gasteiger partial charge in [-0.2, -0.15) is 13.2 Å². The molecule has 15 heavy (non-hydrogen) atoms. The summed E-state index contributed by atoms with van der Waals surface area (Å²) in [4.78, 5) is 10.3. The van der Waals surface area contributed by atoms with E-state index >= 15 is 0 Å². The first-order valence-electron chi connectivity index (χ1n) is 3.91. The number of phenolic OH excluding ortho intramolecular Hbond substituents is 1. The third-order valence-corrected chi connectivity index (χ3v) is 1.75. The molecule has 6 heteroatoms. The molecule has 3 nitrogen and oxygen atoms in total. The summed E-state index contributed by atoms with van der Waals surface area (Å²) in [5.74, 6) is -1.75. The maximum Gasteiger partial charge on any atom is 0.416 e. The number of hydrogen-bond acceptors (Lipinski definition) is 2. The molecule has 0 atom stereocenters. The number of hydrogen-bond donors (Lipinski definition) is 2. The van der Waals surface area contributed by atoms with E-state index in [1.165, 1.54) is 0 Å². The minimum absolute atomic E-state index is 0.252. The van der Waals surface area contributed by atoms with Crippen molar-refractivity contribution in [3.8, 4) is 5.75 Å². The highest BCUT2D eigenvalue weighted by Crippen LogP contribution is 2.32. The molecular formula is C9H7F3O3. The zero-order valence-corrected chi connectivity index (χ0v) is 7.38. The van der Waals surface area contributed by atoms with Gasteiger partial charge in [-0.3, -0.25) is 4.79 Å². The van der Waals surface area contributed by atoms with Crippen molar-refractivity contribution in [2.75, 3.05) is 0 Å². The van der Waals surface area contributed by atoms with E-state index in [-0.39, 0.29) is 5.56 Å². The van der Waals surface area contributed by atoms with Crippen LogP contribution in [0.3, 0.4) is 0 Å². The van der Waals surface area contributed by atoms with Crippen LogP contribution < -0.4 is 0 Å². The molecule has 1 aromatic carbocycles. The fourth-order valence-corrected chi connectivity index (χ4v) is 1.07. The molecule has 1 aromatic rings. The van der Waals surface area contributed by atoms with Gasteiger partial charge in [0, 0.05) is 5.56 Å². The first kappa shape index (κ1) is 11.4. The van der Waals surface area contributed by atoms with Crippen LogP contribution in [0.15, 0.2) is 18.2 Å². The number of phenols is 1. The van der Waals surface area contributed by atoms with Gasteiger partial charge < -0.3 is 10.2 Å².